The maximum Gasteiger partial charge on any atom is 0.252 e. The molecule has 108 valence electrons. The Morgan fingerprint density at radius 2 is 2.20 bits per heavy atom. The lowest BCUT2D eigenvalue weighted by Gasteiger charge is -2.10. The molecule has 0 aliphatic rings. The Balaban J connectivity index is 2.73. The van der Waals surface area contributed by atoms with Crippen LogP contribution in [0.3, 0.4) is 0 Å². The van der Waals surface area contributed by atoms with Crippen molar-refractivity contribution < 1.29 is 9.18 Å². The summed E-state index contributed by atoms with van der Waals surface area (Å²) in [6.07, 6.45) is 0.831. The normalized spacial score (nSPS) is 10.1. The molecule has 0 aliphatic heterocycles. The fourth-order valence-electron chi connectivity index (χ4n) is 1.65. The molecule has 0 aromatic heterocycles. The van der Waals surface area contributed by atoms with Crippen LogP contribution < -0.4 is 11.1 Å². The van der Waals surface area contributed by atoms with Crippen molar-refractivity contribution in [3.8, 4) is 11.8 Å². The van der Waals surface area contributed by atoms with Crippen LogP contribution in [0.2, 0.25) is 0 Å². The highest BCUT2D eigenvalue weighted by Gasteiger charge is 2.11. The first-order valence-electron chi connectivity index (χ1n) is 6.46. The Morgan fingerprint density at radius 3 is 2.85 bits per heavy atom. The fraction of sp³-hybridized carbons (Fsp3) is 0.400. The third-order valence-electron chi connectivity index (χ3n) is 2.62. The molecule has 1 aromatic rings. The first kappa shape index (κ1) is 16.2. The van der Waals surface area contributed by atoms with Gasteiger partial charge < -0.3 is 16.0 Å². The molecule has 0 aliphatic carbocycles. The van der Waals surface area contributed by atoms with E-state index in [1.165, 1.54) is 18.2 Å². The second-order valence-electron chi connectivity index (χ2n) is 4.61. The summed E-state index contributed by atoms with van der Waals surface area (Å²) in [6, 6.07) is 3.97. The number of nitrogens with one attached hydrogen (secondary N) is 1. The van der Waals surface area contributed by atoms with Gasteiger partial charge in [0.15, 0.2) is 0 Å². The van der Waals surface area contributed by atoms with E-state index in [1.54, 1.807) is 0 Å². The fourth-order valence-corrected chi connectivity index (χ4v) is 1.65. The molecule has 0 saturated carbocycles. The van der Waals surface area contributed by atoms with Gasteiger partial charge in [0.25, 0.3) is 5.91 Å². The molecule has 0 radical (unpaired) electrons. The van der Waals surface area contributed by atoms with Crippen molar-refractivity contribution in [3.63, 3.8) is 0 Å². The summed E-state index contributed by atoms with van der Waals surface area (Å²) < 4.78 is 13.3. The maximum atomic E-state index is 13.3. The van der Waals surface area contributed by atoms with Gasteiger partial charge in [-0.1, -0.05) is 11.8 Å². The molecule has 0 heterocycles. The summed E-state index contributed by atoms with van der Waals surface area (Å²) in [7, 11) is 3.93. The van der Waals surface area contributed by atoms with Crippen molar-refractivity contribution in [3.05, 3.63) is 35.1 Å². The highest BCUT2D eigenvalue weighted by Crippen LogP contribution is 2.10. The maximum absolute atomic E-state index is 13.3. The van der Waals surface area contributed by atoms with Crippen LogP contribution >= 0.6 is 0 Å². The highest BCUT2D eigenvalue weighted by molar-refractivity contribution is 5.96. The molecule has 4 nitrogen and oxygen atoms in total. The lowest BCUT2D eigenvalue weighted by Crippen LogP contribution is -2.27. The molecule has 0 atom stereocenters. The van der Waals surface area contributed by atoms with E-state index >= 15 is 0 Å². The van der Waals surface area contributed by atoms with Crippen molar-refractivity contribution in [1.29, 1.82) is 0 Å². The number of benzene rings is 1. The number of hydrogen-bond acceptors (Lipinski definition) is 3. The van der Waals surface area contributed by atoms with Crippen LogP contribution in [0.15, 0.2) is 18.2 Å². The third kappa shape index (κ3) is 5.39. The smallest absolute Gasteiger partial charge is 0.252 e. The molecular weight excluding hydrogens is 257 g/mol. The predicted molar refractivity (Wildman–Crippen MR) is 77.8 cm³/mol. The predicted octanol–water partition coefficient (Wildman–Crippen LogP) is 0.817. The number of nitrogens with two attached hydrogens (primary N) is 1. The molecule has 5 heteroatoms. The number of hydrogen-bond donors (Lipinski definition) is 2. The summed E-state index contributed by atoms with van der Waals surface area (Å²) >= 11 is 0. The van der Waals surface area contributed by atoms with Crippen molar-refractivity contribution in [2.45, 2.75) is 6.42 Å². The van der Waals surface area contributed by atoms with E-state index in [2.05, 4.69) is 17.2 Å². The molecule has 3 N–H and O–H groups in total. The SMILES string of the molecule is CN(C)CCCNC(=O)c1cc(F)ccc1C#CCN. The van der Waals surface area contributed by atoms with Gasteiger partial charge in [0.05, 0.1) is 12.1 Å². The molecule has 20 heavy (non-hydrogen) atoms. The lowest BCUT2D eigenvalue weighted by atomic mass is 10.1. The average molecular weight is 277 g/mol. The van der Waals surface area contributed by atoms with E-state index in [9.17, 15) is 9.18 Å². The van der Waals surface area contributed by atoms with E-state index in [-0.39, 0.29) is 18.0 Å². The molecule has 0 unspecified atom stereocenters. The zero-order chi connectivity index (χ0) is 15.0. The van der Waals surface area contributed by atoms with E-state index in [0.717, 1.165) is 13.0 Å². The molecule has 1 rings (SSSR count). The highest BCUT2D eigenvalue weighted by atomic mass is 19.1. The van der Waals surface area contributed by atoms with Gasteiger partial charge >= 0.3 is 0 Å². The van der Waals surface area contributed by atoms with Gasteiger partial charge in [-0.25, -0.2) is 4.39 Å². The summed E-state index contributed by atoms with van der Waals surface area (Å²) in [5.74, 6) is 4.68. The van der Waals surface area contributed by atoms with Crippen LogP contribution in [0.4, 0.5) is 4.39 Å². The number of halogens is 1. The topological polar surface area (TPSA) is 58.4 Å². The second kappa shape index (κ2) is 8.31. The Morgan fingerprint density at radius 1 is 1.45 bits per heavy atom. The van der Waals surface area contributed by atoms with Crippen molar-refractivity contribution in [1.82, 2.24) is 10.2 Å². The summed E-state index contributed by atoms with van der Waals surface area (Å²) in [4.78, 5) is 14.1. The van der Waals surface area contributed by atoms with Gasteiger partial charge in [0.2, 0.25) is 0 Å². The van der Waals surface area contributed by atoms with E-state index < -0.39 is 5.82 Å². The quantitative estimate of drug-likeness (QED) is 0.619. The van der Waals surface area contributed by atoms with Crippen LogP contribution in [0.1, 0.15) is 22.3 Å². The van der Waals surface area contributed by atoms with Crippen LogP contribution in [-0.2, 0) is 0 Å². The Kier molecular flexibility index (Phi) is 6.71. The minimum absolute atomic E-state index is 0.196. The second-order valence-corrected chi connectivity index (χ2v) is 4.61. The van der Waals surface area contributed by atoms with Crippen molar-refractivity contribution >= 4 is 5.91 Å². The van der Waals surface area contributed by atoms with Crippen molar-refractivity contribution in [2.75, 3.05) is 33.7 Å². The standard InChI is InChI=1S/C15H20FN3O/c1-19(2)10-4-9-18-15(20)14-11-13(16)7-6-12(14)5-3-8-17/h6-7,11H,4,8-10,17H2,1-2H3,(H,18,20). The van der Waals surface area contributed by atoms with Gasteiger partial charge in [-0.05, 0) is 45.3 Å². The molecule has 0 saturated heterocycles. The van der Waals surface area contributed by atoms with Crippen LogP contribution in [-0.4, -0.2) is 44.5 Å². The first-order valence-corrected chi connectivity index (χ1v) is 6.46. The lowest BCUT2D eigenvalue weighted by molar-refractivity contribution is 0.0951. The number of carbonyl (C=O) groups is 1. The molecule has 0 bridgehead atoms. The van der Waals surface area contributed by atoms with E-state index in [4.69, 9.17) is 5.73 Å². The molecule has 1 amide bonds. The zero-order valence-electron chi connectivity index (χ0n) is 11.9. The number of nitrogens with zero attached hydrogens (tertiary/aromatic N) is 1. The van der Waals surface area contributed by atoms with Gasteiger partial charge in [-0.15, -0.1) is 0 Å². The zero-order valence-corrected chi connectivity index (χ0v) is 11.9. The number of amides is 1. The van der Waals surface area contributed by atoms with Gasteiger partial charge in [0.1, 0.15) is 5.82 Å². The van der Waals surface area contributed by atoms with Crippen molar-refractivity contribution in [2.24, 2.45) is 5.73 Å². The van der Waals surface area contributed by atoms with E-state index in [1.807, 2.05) is 19.0 Å². The monoisotopic (exact) mass is 277 g/mol. The number of carbonyl (C=O) groups excluding carboxylic acids is 1. The van der Waals surface area contributed by atoms with E-state index in [0.29, 0.717) is 12.1 Å². The minimum atomic E-state index is -0.457. The third-order valence-corrected chi connectivity index (χ3v) is 2.62. The molecule has 0 fully saturated rings. The number of rotatable bonds is 5. The van der Waals surface area contributed by atoms with Gasteiger partial charge in [0, 0.05) is 12.1 Å². The minimum Gasteiger partial charge on any atom is -0.352 e. The van der Waals surface area contributed by atoms with Gasteiger partial charge in [-0.2, -0.15) is 0 Å². The molecular formula is C15H20FN3O. The Hall–Kier alpha value is -1.90. The average Bonchev–Trinajstić information content (AvgIpc) is 2.41. The van der Waals surface area contributed by atoms with Crippen LogP contribution in [0, 0.1) is 17.7 Å². The first-order chi connectivity index (χ1) is 9.54. The summed E-state index contributed by atoms with van der Waals surface area (Å²) in [6.45, 7) is 1.61. The summed E-state index contributed by atoms with van der Waals surface area (Å²) in [5.41, 5.74) is 6.04. The summed E-state index contributed by atoms with van der Waals surface area (Å²) in [5, 5.41) is 2.77. The van der Waals surface area contributed by atoms with Crippen LogP contribution in [0.5, 0.6) is 0 Å². The Bertz CT molecular complexity index is 518. The largest absolute Gasteiger partial charge is 0.352 e. The Labute approximate surface area is 119 Å². The molecule has 0 spiro atoms. The molecule has 1 aromatic carbocycles. The van der Waals surface area contributed by atoms with Crippen LogP contribution in [0.25, 0.3) is 0 Å². The van der Waals surface area contributed by atoms with Gasteiger partial charge in [-0.3, -0.25) is 4.79 Å².